The molecule has 1 aromatic rings. The number of carbonyl (C=O) groups is 2. The summed E-state index contributed by atoms with van der Waals surface area (Å²) in [7, 11) is 0. The third-order valence-corrected chi connectivity index (χ3v) is 3.90. The van der Waals surface area contributed by atoms with Gasteiger partial charge in [-0.15, -0.1) is 0 Å². The Hall–Kier alpha value is -1.84. The number of benzene rings is 1. The smallest absolute Gasteiger partial charge is 0.320 e. The van der Waals surface area contributed by atoms with Crippen molar-refractivity contribution < 1.29 is 19.1 Å². The van der Waals surface area contributed by atoms with Crippen LogP contribution in [-0.2, 0) is 25.5 Å². The van der Waals surface area contributed by atoms with Crippen LogP contribution in [0.5, 0.6) is 0 Å². The number of hydrogen-bond acceptors (Lipinski definition) is 4. The summed E-state index contributed by atoms with van der Waals surface area (Å²) in [4.78, 5) is 24.5. The second-order valence-corrected chi connectivity index (χ2v) is 5.18. The zero-order valence-electron chi connectivity index (χ0n) is 12.6. The Morgan fingerprint density at radius 3 is 2.38 bits per heavy atom. The van der Waals surface area contributed by atoms with E-state index in [0.717, 1.165) is 24.8 Å². The minimum atomic E-state index is -0.855. The first-order valence-electron chi connectivity index (χ1n) is 7.60. The van der Waals surface area contributed by atoms with Gasteiger partial charge in [0.05, 0.1) is 13.2 Å². The lowest BCUT2D eigenvalue weighted by Gasteiger charge is -2.29. The highest BCUT2D eigenvalue weighted by atomic mass is 16.6. The van der Waals surface area contributed by atoms with Crippen molar-refractivity contribution in [1.82, 2.24) is 0 Å². The fourth-order valence-corrected chi connectivity index (χ4v) is 3.03. The molecule has 1 aliphatic rings. The molecule has 0 aromatic heterocycles. The van der Waals surface area contributed by atoms with Gasteiger partial charge in [0.1, 0.15) is 0 Å². The molecule has 0 heterocycles. The molecule has 0 fully saturated rings. The zero-order chi connectivity index (χ0) is 15.2. The average Bonchev–Trinajstić information content (AvgIpc) is 2.48. The average molecular weight is 290 g/mol. The number of rotatable bonds is 5. The van der Waals surface area contributed by atoms with E-state index in [1.807, 2.05) is 18.2 Å². The fraction of sp³-hybridized carbons (Fsp3) is 0.529. The second kappa shape index (κ2) is 7.25. The number of fused-ring (bicyclic) bond motifs is 1. The van der Waals surface area contributed by atoms with E-state index in [1.54, 1.807) is 13.8 Å². The molecule has 114 valence electrons. The van der Waals surface area contributed by atoms with Crippen LogP contribution in [0, 0.1) is 5.92 Å². The van der Waals surface area contributed by atoms with Gasteiger partial charge in [0.15, 0.2) is 5.92 Å². The Morgan fingerprint density at radius 1 is 1.14 bits per heavy atom. The third-order valence-electron chi connectivity index (χ3n) is 3.90. The van der Waals surface area contributed by atoms with Gasteiger partial charge in [-0.05, 0) is 44.2 Å². The summed E-state index contributed by atoms with van der Waals surface area (Å²) in [5.41, 5.74) is 2.29. The van der Waals surface area contributed by atoms with E-state index in [2.05, 4.69) is 6.07 Å². The predicted octanol–water partition coefficient (Wildman–Crippen LogP) is 2.85. The third kappa shape index (κ3) is 3.43. The summed E-state index contributed by atoms with van der Waals surface area (Å²) in [6, 6.07) is 8.01. The highest BCUT2D eigenvalue weighted by Crippen LogP contribution is 2.38. The molecular formula is C17H22O4. The zero-order valence-corrected chi connectivity index (χ0v) is 12.6. The van der Waals surface area contributed by atoms with E-state index < -0.39 is 17.9 Å². The molecule has 4 nitrogen and oxygen atoms in total. The summed E-state index contributed by atoms with van der Waals surface area (Å²) in [5.74, 6) is -1.95. The largest absolute Gasteiger partial charge is 0.465 e. The number of ether oxygens (including phenoxy) is 2. The highest BCUT2D eigenvalue weighted by molar-refractivity contribution is 5.96. The molecule has 1 unspecified atom stereocenters. The number of hydrogen-bond donors (Lipinski definition) is 0. The van der Waals surface area contributed by atoms with E-state index in [4.69, 9.17) is 9.47 Å². The van der Waals surface area contributed by atoms with E-state index in [1.165, 1.54) is 5.56 Å². The van der Waals surface area contributed by atoms with E-state index in [0.29, 0.717) is 0 Å². The first kappa shape index (κ1) is 15.5. The Labute approximate surface area is 125 Å². The first-order valence-corrected chi connectivity index (χ1v) is 7.60. The van der Waals surface area contributed by atoms with Crippen LogP contribution in [0.2, 0.25) is 0 Å². The summed E-state index contributed by atoms with van der Waals surface area (Å²) < 4.78 is 10.2. The first-order chi connectivity index (χ1) is 10.2. The maximum atomic E-state index is 12.2. The van der Waals surface area contributed by atoms with Crippen LogP contribution in [0.4, 0.5) is 0 Å². The molecule has 1 aromatic carbocycles. The SMILES string of the molecule is CCOC(=O)C(C(=O)OCC)C1CCCc2ccccc21. The van der Waals surface area contributed by atoms with Crippen molar-refractivity contribution in [2.75, 3.05) is 13.2 Å². The number of esters is 2. The standard InChI is InChI=1S/C17H22O4/c1-3-20-16(18)15(17(19)21-4-2)14-11-7-9-12-8-5-6-10-13(12)14/h5-6,8,10,14-15H,3-4,7,9,11H2,1-2H3. The van der Waals surface area contributed by atoms with Crippen molar-refractivity contribution in [3.05, 3.63) is 35.4 Å². The minimum Gasteiger partial charge on any atom is -0.465 e. The molecule has 21 heavy (non-hydrogen) atoms. The maximum Gasteiger partial charge on any atom is 0.320 e. The maximum absolute atomic E-state index is 12.2. The van der Waals surface area contributed by atoms with Crippen molar-refractivity contribution in [2.45, 2.75) is 39.0 Å². The van der Waals surface area contributed by atoms with Gasteiger partial charge < -0.3 is 9.47 Å². The normalized spacial score (nSPS) is 17.2. The lowest BCUT2D eigenvalue weighted by molar-refractivity contribution is -0.163. The van der Waals surface area contributed by atoms with Crippen LogP contribution in [0.3, 0.4) is 0 Å². The summed E-state index contributed by atoms with van der Waals surface area (Å²) in [6.07, 6.45) is 2.77. The highest BCUT2D eigenvalue weighted by Gasteiger charge is 2.40. The van der Waals surface area contributed by atoms with Crippen LogP contribution in [0.15, 0.2) is 24.3 Å². The van der Waals surface area contributed by atoms with E-state index in [9.17, 15) is 9.59 Å². The van der Waals surface area contributed by atoms with Crippen LogP contribution in [0.25, 0.3) is 0 Å². The monoisotopic (exact) mass is 290 g/mol. The lowest BCUT2D eigenvalue weighted by atomic mass is 9.75. The molecule has 1 aliphatic carbocycles. The molecule has 2 rings (SSSR count). The fourth-order valence-electron chi connectivity index (χ4n) is 3.03. The van der Waals surface area contributed by atoms with Crippen molar-refractivity contribution in [3.63, 3.8) is 0 Å². The Morgan fingerprint density at radius 2 is 1.76 bits per heavy atom. The van der Waals surface area contributed by atoms with Gasteiger partial charge in [-0.25, -0.2) is 0 Å². The van der Waals surface area contributed by atoms with Crippen LogP contribution in [0.1, 0.15) is 43.7 Å². The van der Waals surface area contributed by atoms with Crippen molar-refractivity contribution in [2.24, 2.45) is 5.92 Å². The minimum absolute atomic E-state index is 0.145. The molecule has 0 saturated heterocycles. The second-order valence-electron chi connectivity index (χ2n) is 5.18. The van der Waals surface area contributed by atoms with E-state index >= 15 is 0 Å². The van der Waals surface area contributed by atoms with Crippen LogP contribution in [-0.4, -0.2) is 25.2 Å². The Kier molecular flexibility index (Phi) is 5.37. The molecule has 0 aliphatic heterocycles. The van der Waals surface area contributed by atoms with Gasteiger partial charge in [0.25, 0.3) is 0 Å². The molecule has 0 spiro atoms. The molecular weight excluding hydrogens is 268 g/mol. The van der Waals surface area contributed by atoms with Gasteiger partial charge in [-0.1, -0.05) is 24.3 Å². The summed E-state index contributed by atoms with van der Waals surface area (Å²) in [6.45, 7) is 4.02. The van der Waals surface area contributed by atoms with Crippen LogP contribution >= 0.6 is 0 Å². The molecule has 0 N–H and O–H groups in total. The van der Waals surface area contributed by atoms with Gasteiger partial charge in [0, 0.05) is 5.92 Å². The van der Waals surface area contributed by atoms with Gasteiger partial charge in [0.2, 0.25) is 0 Å². The summed E-state index contributed by atoms with van der Waals surface area (Å²) >= 11 is 0. The van der Waals surface area contributed by atoms with Crippen molar-refractivity contribution in [1.29, 1.82) is 0 Å². The number of carbonyl (C=O) groups excluding carboxylic acids is 2. The molecule has 0 radical (unpaired) electrons. The van der Waals surface area contributed by atoms with Crippen molar-refractivity contribution >= 4 is 11.9 Å². The summed E-state index contributed by atoms with van der Waals surface area (Å²) in [5, 5.41) is 0. The Bertz CT molecular complexity index is 491. The lowest BCUT2D eigenvalue weighted by Crippen LogP contribution is -2.35. The van der Waals surface area contributed by atoms with Gasteiger partial charge >= 0.3 is 11.9 Å². The van der Waals surface area contributed by atoms with Gasteiger partial charge in [-0.3, -0.25) is 9.59 Å². The molecule has 0 amide bonds. The van der Waals surface area contributed by atoms with Crippen LogP contribution < -0.4 is 0 Å². The quantitative estimate of drug-likeness (QED) is 0.618. The Balaban J connectivity index is 2.33. The topological polar surface area (TPSA) is 52.6 Å². The molecule has 0 bridgehead atoms. The number of aryl methyl sites for hydroxylation is 1. The van der Waals surface area contributed by atoms with Crippen molar-refractivity contribution in [3.8, 4) is 0 Å². The molecule has 4 heteroatoms. The predicted molar refractivity (Wildman–Crippen MR) is 78.9 cm³/mol. The van der Waals surface area contributed by atoms with E-state index in [-0.39, 0.29) is 19.1 Å². The van der Waals surface area contributed by atoms with Gasteiger partial charge in [-0.2, -0.15) is 0 Å². The molecule has 0 saturated carbocycles. The molecule has 1 atom stereocenters.